The number of nitrogens with zero attached hydrogens (tertiary/aromatic N) is 1. The highest BCUT2D eigenvalue weighted by Gasteiger charge is 2.14. The van der Waals surface area contributed by atoms with Crippen molar-refractivity contribution in [2.45, 2.75) is 6.92 Å². The summed E-state index contributed by atoms with van der Waals surface area (Å²) in [4.78, 5) is 21.3. The molecule has 0 amide bonds. The molecule has 2 rings (SSSR count). The maximum atomic E-state index is 11.2. The third kappa shape index (κ3) is 1.32. The van der Waals surface area contributed by atoms with Crippen molar-refractivity contribution in [3.05, 3.63) is 23.7 Å². The largest absolute Gasteiger partial charge is 0.463 e. The maximum Gasteiger partial charge on any atom is 0.373 e. The number of hydrogen-bond donors (Lipinski definition) is 1. The molecular formula is C9H10N3O2+. The van der Waals surface area contributed by atoms with Gasteiger partial charge in [0.25, 0.3) is 5.65 Å². The van der Waals surface area contributed by atoms with E-state index in [0.717, 1.165) is 11.3 Å². The molecule has 0 aliphatic rings. The van der Waals surface area contributed by atoms with Crippen LogP contribution in [0.25, 0.3) is 11.2 Å². The van der Waals surface area contributed by atoms with Crippen LogP contribution in [0.1, 0.15) is 16.3 Å². The monoisotopic (exact) mass is 192 g/mol. The molecule has 0 saturated heterocycles. The van der Waals surface area contributed by atoms with Gasteiger partial charge >= 0.3 is 5.97 Å². The lowest BCUT2D eigenvalue weighted by Crippen LogP contribution is -2.08. The average molecular weight is 192 g/mol. The van der Waals surface area contributed by atoms with Gasteiger partial charge in [-0.25, -0.2) is 9.78 Å². The van der Waals surface area contributed by atoms with Crippen molar-refractivity contribution in [3.63, 3.8) is 0 Å². The Morgan fingerprint density at radius 3 is 3.07 bits per heavy atom. The molecule has 14 heavy (non-hydrogen) atoms. The average Bonchev–Trinajstić information content (AvgIpc) is 2.55. The number of aryl methyl sites for hydroxylation is 1. The van der Waals surface area contributed by atoms with Crippen LogP contribution in [-0.2, 0) is 4.74 Å². The number of imidazole rings is 1. The van der Waals surface area contributed by atoms with Crippen LogP contribution < -0.4 is 4.98 Å². The topological polar surface area (TPSA) is 69.1 Å². The van der Waals surface area contributed by atoms with Crippen LogP contribution in [0.15, 0.2) is 12.1 Å². The number of rotatable bonds is 1. The van der Waals surface area contributed by atoms with Gasteiger partial charge in [0.15, 0.2) is 11.3 Å². The van der Waals surface area contributed by atoms with E-state index >= 15 is 0 Å². The first-order valence-corrected chi connectivity index (χ1v) is 4.17. The molecule has 0 saturated carbocycles. The predicted molar refractivity (Wildman–Crippen MR) is 48.7 cm³/mol. The quantitative estimate of drug-likeness (QED) is 0.668. The summed E-state index contributed by atoms with van der Waals surface area (Å²) in [5.41, 5.74) is 1.83. The van der Waals surface area contributed by atoms with Gasteiger partial charge in [0, 0.05) is 6.92 Å². The Labute approximate surface area is 80.1 Å². The Kier molecular flexibility index (Phi) is 1.92. The first kappa shape index (κ1) is 8.68. The molecule has 0 aromatic carbocycles. The molecule has 0 spiro atoms. The van der Waals surface area contributed by atoms with Crippen molar-refractivity contribution in [2.75, 3.05) is 7.11 Å². The van der Waals surface area contributed by atoms with Gasteiger partial charge in [0.2, 0.25) is 5.69 Å². The van der Waals surface area contributed by atoms with E-state index in [1.165, 1.54) is 7.11 Å². The zero-order valence-electron chi connectivity index (χ0n) is 7.92. The first-order valence-electron chi connectivity index (χ1n) is 4.17. The first-order chi connectivity index (χ1) is 6.70. The fourth-order valence-corrected chi connectivity index (χ4v) is 1.28. The zero-order chi connectivity index (χ0) is 10.1. The minimum Gasteiger partial charge on any atom is -0.463 e. The Morgan fingerprint density at radius 1 is 1.57 bits per heavy atom. The number of carbonyl (C=O) groups is 1. The van der Waals surface area contributed by atoms with Crippen molar-refractivity contribution in [1.29, 1.82) is 0 Å². The molecule has 0 fully saturated rings. The molecule has 2 aromatic rings. The molecule has 0 bridgehead atoms. The molecule has 0 aliphatic heterocycles. The number of aromatic nitrogens is 3. The lowest BCUT2D eigenvalue weighted by molar-refractivity contribution is -0.357. The second-order valence-corrected chi connectivity index (χ2v) is 2.96. The summed E-state index contributed by atoms with van der Waals surface area (Å²) in [6, 6.07) is 3.41. The number of H-pyrrole nitrogens is 2. The lowest BCUT2D eigenvalue weighted by Gasteiger charge is -1.91. The molecule has 0 aliphatic carbocycles. The highest BCUT2D eigenvalue weighted by Crippen LogP contribution is 2.06. The summed E-state index contributed by atoms with van der Waals surface area (Å²) in [6.07, 6.45) is 0. The molecule has 72 valence electrons. The fourth-order valence-electron chi connectivity index (χ4n) is 1.28. The second-order valence-electron chi connectivity index (χ2n) is 2.96. The van der Waals surface area contributed by atoms with Crippen molar-refractivity contribution in [3.8, 4) is 0 Å². The fraction of sp³-hybridized carbons (Fsp3) is 0.222. The summed E-state index contributed by atoms with van der Waals surface area (Å²) in [5.74, 6) is 0.466. The van der Waals surface area contributed by atoms with Crippen molar-refractivity contribution < 1.29 is 14.5 Å². The van der Waals surface area contributed by atoms with Crippen LogP contribution >= 0.6 is 0 Å². The Hall–Kier alpha value is -1.91. The van der Waals surface area contributed by atoms with E-state index in [9.17, 15) is 4.79 Å². The van der Waals surface area contributed by atoms with E-state index in [2.05, 4.69) is 19.7 Å². The van der Waals surface area contributed by atoms with Crippen molar-refractivity contribution in [1.82, 2.24) is 9.97 Å². The SMILES string of the molecule is COC(=O)c1ccc2[nH]c(C)[nH+]c2n1. The molecule has 2 aromatic heterocycles. The number of pyridine rings is 1. The summed E-state index contributed by atoms with van der Waals surface area (Å²) in [7, 11) is 1.33. The van der Waals surface area contributed by atoms with E-state index in [-0.39, 0.29) is 0 Å². The van der Waals surface area contributed by atoms with Crippen LogP contribution in [0.3, 0.4) is 0 Å². The number of ether oxygens (including phenoxy) is 1. The van der Waals surface area contributed by atoms with Gasteiger partial charge in [-0.15, -0.1) is 0 Å². The number of methoxy groups -OCH3 is 1. The van der Waals surface area contributed by atoms with Gasteiger partial charge in [-0.3, -0.25) is 4.98 Å². The van der Waals surface area contributed by atoms with Crippen molar-refractivity contribution >= 4 is 17.1 Å². The van der Waals surface area contributed by atoms with Gasteiger partial charge in [-0.1, -0.05) is 4.98 Å². The van der Waals surface area contributed by atoms with Crippen molar-refractivity contribution in [2.24, 2.45) is 0 Å². The maximum absolute atomic E-state index is 11.2. The van der Waals surface area contributed by atoms with E-state index in [1.807, 2.05) is 6.92 Å². The Balaban J connectivity index is 2.55. The minimum absolute atomic E-state index is 0.301. The van der Waals surface area contributed by atoms with Crippen LogP contribution in [0.5, 0.6) is 0 Å². The third-order valence-electron chi connectivity index (χ3n) is 1.92. The molecule has 2 N–H and O–H groups in total. The third-order valence-corrected chi connectivity index (χ3v) is 1.92. The Bertz CT molecular complexity index is 490. The summed E-state index contributed by atoms with van der Waals surface area (Å²) in [6.45, 7) is 1.89. The smallest absolute Gasteiger partial charge is 0.373 e. The second kappa shape index (κ2) is 3.10. The predicted octanol–water partition coefficient (Wildman–Crippen LogP) is 0.472. The molecule has 0 radical (unpaired) electrons. The van der Waals surface area contributed by atoms with Crippen LogP contribution in [0.2, 0.25) is 0 Å². The number of nitrogens with one attached hydrogen (secondary N) is 2. The standard InChI is InChI=1S/C9H9N3O2/c1-5-10-6-3-4-7(9(13)14-2)12-8(6)11-5/h3-4H,1-2H3,(H,10,11,12)/p+1. The van der Waals surface area contributed by atoms with Gasteiger partial charge < -0.3 is 4.74 Å². The van der Waals surface area contributed by atoms with Gasteiger partial charge in [0.1, 0.15) is 0 Å². The van der Waals surface area contributed by atoms with Crippen LogP contribution in [-0.4, -0.2) is 23.0 Å². The number of fused-ring (bicyclic) bond motifs is 1. The van der Waals surface area contributed by atoms with E-state index in [0.29, 0.717) is 11.3 Å². The molecule has 5 heteroatoms. The van der Waals surface area contributed by atoms with Crippen LogP contribution in [0, 0.1) is 6.92 Å². The van der Waals surface area contributed by atoms with Crippen LogP contribution in [0.4, 0.5) is 0 Å². The highest BCUT2D eigenvalue weighted by atomic mass is 16.5. The van der Waals surface area contributed by atoms with E-state index < -0.39 is 5.97 Å². The zero-order valence-corrected chi connectivity index (χ0v) is 7.92. The normalized spacial score (nSPS) is 10.4. The minimum atomic E-state index is -0.431. The highest BCUT2D eigenvalue weighted by molar-refractivity contribution is 5.89. The number of aromatic amines is 2. The summed E-state index contributed by atoms with van der Waals surface area (Å²) < 4.78 is 4.57. The molecule has 0 unspecified atom stereocenters. The van der Waals surface area contributed by atoms with Gasteiger partial charge in [-0.05, 0) is 12.1 Å². The van der Waals surface area contributed by atoms with Gasteiger partial charge in [-0.2, -0.15) is 0 Å². The van der Waals surface area contributed by atoms with Gasteiger partial charge in [0.05, 0.1) is 7.11 Å². The number of carbonyl (C=O) groups excluding carboxylic acids is 1. The summed E-state index contributed by atoms with van der Waals surface area (Å²) in [5, 5.41) is 0. The number of hydrogen-bond acceptors (Lipinski definition) is 3. The lowest BCUT2D eigenvalue weighted by atomic mass is 10.3. The summed E-state index contributed by atoms with van der Waals surface area (Å²) >= 11 is 0. The molecule has 5 nitrogen and oxygen atoms in total. The molecule has 2 heterocycles. The molecular weight excluding hydrogens is 182 g/mol. The number of esters is 1. The Morgan fingerprint density at radius 2 is 2.36 bits per heavy atom. The van der Waals surface area contributed by atoms with E-state index in [1.54, 1.807) is 12.1 Å². The molecule has 0 atom stereocenters. The van der Waals surface area contributed by atoms with E-state index in [4.69, 9.17) is 0 Å².